The maximum absolute atomic E-state index is 13.6. The van der Waals surface area contributed by atoms with Crippen LogP contribution < -0.4 is 18.9 Å². The van der Waals surface area contributed by atoms with Crippen molar-refractivity contribution in [3.8, 4) is 56.4 Å². The molecule has 0 aromatic heterocycles. The van der Waals surface area contributed by atoms with Crippen LogP contribution in [0.25, 0.3) is 33.4 Å². The van der Waals surface area contributed by atoms with Crippen molar-refractivity contribution in [2.24, 2.45) is 0 Å². The van der Waals surface area contributed by atoms with Crippen LogP contribution in [-0.2, 0) is 0 Å². The lowest BCUT2D eigenvalue weighted by Crippen LogP contribution is -2.11. The molecule has 0 atom stereocenters. The first-order valence-electron chi connectivity index (χ1n) is 19.6. The van der Waals surface area contributed by atoms with Gasteiger partial charge in [0.15, 0.2) is 0 Å². The predicted octanol–water partition coefficient (Wildman–Crippen LogP) is 12.9. The Hall–Kier alpha value is -6.14. The van der Waals surface area contributed by atoms with E-state index in [9.17, 15) is 9.59 Å². The highest BCUT2D eigenvalue weighted by Gasteiger charge is 2.21. The number of carbonyl (C=O) groups excluding carboxylic acids is 2. The normalized spacial score (nSPS) is 10.9. The van der Waals surface area contributed by atoms with Gasteiger partial charge in [0, 0.05) is 11.1 Å². The molecule has 6 rings (SSSR count). The van der Waals surface area contributed by atoms with Gasteiger partial charge >= 0.3 is 11.9 Å². The van der Waals surface area contributed by atoms with E-state index in [1.165, 1.54) is 0 Å². The summed E-state index contributed by atoms with van der Waals surface area (Å²) >= 11 is 0. The van der Waals surface area contributed by atoms with E-state index < -0.39 is 11.9 Å². The summed E-state index contributed by atoms with van der Waals surface area (Å²) in [5, 5.41) is 0. The van der Waals surface area contributed by atoms with Crippen molar-refractivity contribution in [3.63, 3.8) is 0 Å². The Morgan fingerprint density at radius 3 is 1.11 bits per heavy atom. The fourth-order valence-corrected chi connectivity index (χ4v) is 6.58. The molecule has 0 fully saturated rings. The molecular formula is C50H50O6. The van der Waals surface area contributed by atoms with E-state index in [1.54, 1.807) is 36.4 Å². The van der Waals surface area contributed by atoms with E-state index in [0.29, 0.717) is 47.0 Å². The van der Waals surface area contributed by atoms with Crippen molar-refractivity contribution in [2.75, 3.05) is 13.2 Å². The molecule has 0 saturated heterocycles. The molecule has 0 N–H and O–H groups in total. The lowest BCUT2D eigenvalue weighted by Gasteiger charge is -2.18. The topological polar surface area (TPSA) is 71.1 Å². The summed E-state index contributed by atoms with van der Waals surface area (Å²) < 4.78 is 23.8. The average molecular weight is 747 g/mol. The minimum absolute atomic E-state index is 0.377. The van der Waals surface area contributed by atoms with Gasteiger partial charge in [-0.15, -0.1) is 0 Å². The molecule has 0 aliphatic carbocycles. The number of benzene rings is 6. The van der Waals surface area contributed by atoms with E-state index in [-0.39, 0.29) is 0 Å². The standard InChI is InChI=1S/C50H50O6/c1-5-7-9-33-53-43-29-25-39(26-30-43)37-17-21-41(22-18-37)49(51)55-45-15-11-13-35(3)47(45)48-36(4)14-12-16-46(48)56-50(52)42-23-19-38(20-24-42)40-27-31-44(32-28-40)54-34-10-8-6-2/h11-32H,5-10,33-34H2,1-4H3. The zero-order valence-corrected chi connectivity index (χ0v) is 32.8. The van der Waals surface area contributed by atoms with Crippen molar-refractivity contribution in [1.29, 1.82) is 0 Å². The zero-order valence-electron chi connectivity index (χ0n) is 32.8. The summed E-state index contributed by atoms with van der Waals surface area (Å²) in [7, 11) is 0. The van der Waals surface area contributed by atoms with E-state index in [2.05, 4.69) is 13.8 Å². The zero-order chi connectivity index (χ0) is 39.3. The number of aryl methyl sites for hydroxylation is 2. The number of esters is 2. The van der Waals surface area contributed by atoms with E-state index >= 15 is 0 Å². The Labute approximate surface area is 331 Å². The van der Waals surface area contributed by atoms with Gasteiger partial charge < -0.3 is 18.9 Å². The number of unbranched alkanes of at least 4 members (excludes halogenated alkanes) is 4. The Morgan fingerprint density at radius 1 is 0.429 bits per heavy atom. The second kappa shape index (κ2) is 19.4. The molecule has 0 aliphatic heterocycles. The summed E-state index contributed by atoms with van der Waals surface area (Å²) in [4.78, 5) is 27.1. The van der Waals surface area contributed by atoms with Crippen LogP contribution in [-0.4, -0.2) is 25.2 Å². The van der Waals surface area contributed by atoms with E-state index in [1.807, 2.05) is 111 Å². The SMILES string of the molecule is CCCCCOc1ccc(-c2ccc(C(=O)Oc3cccc(C)c3-c3c(C)cccc3OC(=O)c3ccc(-c4ccc(OCCCCC)cc4)cc3)cc2)cc1. The van der Waals surface area contributed by atoms with Crippen LogP contribution in [0.1, 0.15) is 84.2 Å². The molecule has 6 nitrogen and oxygen atoms in total. The summed E-state index contributed by atoms with van der Waals surface area (Å²) in [5.74, 6) is 1.48. The Bertz CT molecular complexity index is 2040. The largest absolute Gasteiger partial charge is 0.494 e. The molecule has 286 valence electrons. The highest BCUT2D eigenvalue weighted by atomic mass is 16.5. The van der Waals surface area contributed by atoms with E-state index in [0.717, 1.165) is 83.4 Å². The lowest BCUT2D eigenvalue weighted by molar-refractivity contribution is 0.0723. The maximum atomic E-state index is 13.6. The molecule has 0 bridgehead atoms. The van der Waals surface area contributed by atoms with Gasteiger partial charge in [-0.25, -0.2) is 9.59 Å². The molecule has 6 heteroatoms. The maximum Gasteiger partial charge on any atom is 0.343 e. The summed E-state index contributed by atoms with van der Waals surface area (Å²) in [6, 6.07) is 41.9. The van der Waals surface area contributed by atoms with Crippen LogP contribution in [0.2, 0.25) is 0 Å². The van der Waals surface area contributed by atoms with Crippen molar-refractivity contribution >= 4 is 11.9 Å². The predicted molar refractivity (Wildman–Crippen MR) is 225 cm³/mol. The van der Waals surface area contributed by atoms with Crippen LogP contribution in [0.5, 0.6) is 23.0 Å². The molecule has 0 spiro atoms. The third kappa shape index (κ3) is 10.1. The fourth-order valence-electron chi connectivity index (χ4n) is 6.58. The highest BCUT2D eigenvalue weighted by Crippen LogP contribution is 2.42. The number of ether oxygens (including phenoxy) is 4. The van der Waals surface area contributed by atoms with Gasteiger partial charge in [-0.2, -0.15) is 0 Å². The van der Waals surface area contributed by atoms with Crippen molar-refractivity contribution < 1.29 is 28.5 Å². The smallest absolute Gasteiger partial charge is 0.343 e. The molecule has 0 amide bonds. The molecule has 6 aromatic carbocycles. The average Bonchev–Trinajstić information content (AvgIpc) is 3.22. The number of carbonyl (C=O) groups is 2. The third-order valence-corrected chi connectivity index (χ3v) is 9.77. The second-order valence-corrected chi connectivity index (χ2v) is 14.0. The molecule has 56 heavy (non-hydrogen) atoms. The van der Waals surface area contributed by atoms with Gasteiger partial charge in [0.05, 0.1) is 24.3 Å². The molecule has 0 saturated carbocycles. The first kappa shape index (κ1) is 39.6. The first-order valence-corrected chi connectivity index (χ1v) is 19.6. The van der Waals surface area contributed by atoms with Crippen LogP contribution >= 0.6 is 0 Å². The quantitative estimate of drug-likeness (QED) is 0.0526. The minimum atomic E-state index is -0.486. The summed E-state index contributed by atoms with van der Waals surface area (Å²) in [6.07, 6.45) is 6.72. The van der Waals surface area contributed by atoms with Gasteiger partial charge in [-0.3, -0.25) is 0 Å². The highest BCUT2D eigenvalue weighted by molar-refractivity contribution is 5.95. The molecule has 0 aliphatic rings. The fraction of sp³-hybridized carbons (Fsp3) is 0.240. The summed E-state index contributed by atoms with van der Waals surface area (Å²) in [5.41, 5.74) is 7.96. The van der Waals surface area contributed by atoms with Gasteiger partial charge in [0.25, 0.3) is 0 Å². The molecule has 0 radical (unpaired) electrons. The minimum Gasteiger partial charge on any atom is -0.494 e. The number of rotatable bonds is 17. The van der Waals surface area contributed by atoms with E-state index in [4.69, 9.17) is 18.9 Å². The Balaban J connectivity index is 1.14. The van der Waals surface area contributed by atoms with Gasteiger partial charge in [-0.1, -0.05) is 112 Å². The molecule has 0 unspecified atom stereocenters. The van der Waals surface area contributed by atoms with Crippen LogP contribution in [0.3, 0.4) is 0 Å². The Kier molecular flexibility index (Phi) is 13.7. The molecule has 6 aromatic rings. The first-order chi connectivity index (χ1) is 27.3. The van der Waals surface area contributed by atoms with Crippen molar-refractivity contribution in [3.05, 3.63) is 156 Å². The Morgan fingerprint density at radius 2 is 0.768 bits per heavy atom. The number of hydrogen-bond donors (Lipinski definition) is 0. The summed E-state index contributed by atoms with van der Waals surface area (Å²) in [6.45, 7) is 9.68. The van der Waals surface area contributed by atoms with Crippen molar-refractivity contribution in [1.82, 2.24) is 0 Å². The van der Waals surface area contributed by atoms with Crippen LogP contribution in [0, 0.1) is 13.8 Å². The van der Waals surface area contributed by atoms with Crippen molar-refractivity contribution in [2.45, 2.75) is 66.2 Å². The lowest BCUT2D eigenvalue weighted by atomic mass is 9.94. The van der Waals surface area contributed by atoms with Crippen LogP contribution in [0.15, 0.2) is 133 Å². The van der Waals surface area contributed by atoms with Gasteiger partial charge in [-0.05, 0) is 121 Å². The van der Waals surface area contributed by atoms with Gasteiger partial charge in [0.2, 0.25) is 0 Å². The molecule has 0 heterocycles. The molecular weight excluding hydrogens is 697 g/mol. The third-order valence-electron chi connectivity index (χ3n) is 9.77. The number of hydrogen-bond acceptors (Lipinski definition) is 6. The monoisotopic (exact) mass is 746 g/mol. The second-order valence-electron chi connectivity index (χ2n) is 14.0. The van der Waals surface area contributed by atoms with Crippen LogP contribution in [0.4, 0.5) is 0 Å². The van der Waals surface area contributed by atoms with Gasteiger partial charge in [0.1, 0.15) is 23.0 Å².